The number of rotatable bonds is 5. The lowest BCUT2D eigenvalue weighted by Gasteiger charge is -2.25. The van der Waals surface area contributed by atoms with Crippen LogP contribution in [0.5, 0.6) is 0 Å². The number of H-pyrrole nitrogens is 1. The molecular weight excluding hydrogens is 266 g/mol. The number of amides is 1. The van der Waals surface area contributed by atoms with Crippen molar-refractivity contribution in [2.24, 2.45) is 0 Å². The van der Waals surface area contributed by atoms with Crippen molar-refractivity contribution in [2.75, 3.05) is 20.6 Å². The van der Waals surface area contributed by atoms with Crippen LogP contribution in [0.4, 0.5) is 0 Å². The van der Waals surface area contributed by atoms with Crippen LogP contribution in [-0.2, 0) is 0 Å². The van der Waals surface area contributed by atoms with Gasteiger partial charge in [-0.15, -0.1) is 0 Å². The van der Waals surface area contributed by atoms with Crippen LogP contribution in [0.2, 0.25) is 0 Å². The van der Waals surface area contributed by atoms with Crippen LogP contribution in [0.15, 0.2) is 53.3 Å². The summed E-state index contributed by atoms with van der Waals surface area (Å²) in [6.07, 6.45) is 0. The molecule has 1 unspecified atom stereocenters. The van der Waals surface area contributed by atoms with E-state index in [0.717, 1.165) is 5.56 Å². The van der Waals surface area contributed by atoms with Crippen LogP contribution in [0.1, 0.15) is 22.1 Å². The van der Waals surface area contributed by atoms with Crippen molar-refractivity contribution in [2.45, 2.75) is 6.04 Å². The van der Waals surface area contributed by atoms with E-state index in [1.54, 1.807) is 12.1 Å². The third-order valence-electron chi connectivity index (χ3n) is 3.28. The topological polar surface area (TPSA) is 65.2 Å². The number of hydrogen-bond donors (Lipinski definition) is 2. The Morgan fingerprint density at radius 1 is 1.14 bits per heavy atom. The Hall–Kier alpha value is -2.40. The molecule has 2 rings (SSSR count). The van der Waals surface area contributed by atoms with Gasteiger partial charge in [0.1, 0.15) is 5.69 Å². The number of nitrogens with zero attached hydrogens (tertiary/aromatic N) is 1. The van der Waals surface area contributed by atoms with Gasteiger partial charge in [-0.3, -0.25) is 9.59 Å². The van der Waals surface area contributed by atoms with Crippen LogP contribution in [0, 0.1) is 0 Å². The highest BCUT2D eigenvalue weighted by molar-refractivity contribution is 5.92. The summed E-state index contributed by atoms with van der Waals surface area (Å²) < 4.78 is 0. The summed E-state index contributed by atoms with van der Waals surface area (Å²) in [5.41, 5.74) is 1.12. The molecule has 0 saturated heterocycles. The summed E-state index contributed by atoms with van der Waals surface area (Å²) in [6.45, 7) is 0.465. The van der Waals surface area contributed by atoms with Gasteiger partial charge in [0, 0.05) is 12.6 Å². The molecule has 5 heteroatoms. The molecule has 0 aliphatic heterocycles. The zero-order chi connectivity index (χ0) is 15.2. The fraction of sp³-hybridized carbons (Fsp3) is 0.250. The highest BCUT2D eigenvalue weighted by Crippen LogP contribution is 2.16. The number of aromatic amines is 1. The van der Waals surface area contributed by atoms with Crippen LogP contribution < -0.4 is 10.9 Å². The number of benzene rings is 1. The van der Waals surface area contributed by atoms with Crippen molar-refractivity contribution in [1.82, 2.24) is 15.2 Å². The molecule has 0 spiro atoms. The van der Waals surface area contributed by atoms with Crippen LogP contribution in [0.25, 0.3) is 0 Å². The molecule has 0 saturated carbocycles. The zero-order valence-electron chi connectivity index (χ0n) is 12.2. The Kier molecular flexibility index (Phi) is 4.90. The number of pyridine rings is 1. The highest BCUT2D eigenvalue weighted by Gasteiger charge is 2.15. The van der Waals surface area contributed by atoms with E-state index >= 15 is 0 Å². The molecule has 0 aliphatic rings. The molecule has 1 aromatic carbocycles. The number of carbonyl (C=O) groups excluding carboxylic acids is 1. The first-order valence-electron chi connectivity index (χ1n) is 6.77. The Balaban J connectivity index is 2.06. The zero-order valence-corrected chi connectivity index (χ0v) is 12.2. The summed E-state index contributed by atoms with van der Waals surface area (Å²) in [6, 6.07) is 14.6. The Morgan fingerprint density at radius 3 is 2.48 bits per heavy atom. The van der Waals surface area contributed by atoms with Crippen molar-refractivity contribution >= 4 is 5.91 Å². The van der Waals surface area contributed by atoms with Crippen molar-refractivity contribution in [3.8, 4) is 0 Å². The standard InChI is InChI=1S/C16H19N3O2/c1-19(2)14(12-7-4-3-5-8-12)11-17-16(21)13-9-6-10-15(20)18-13/h3-10,14H,11H2,1-2H3,(H,17,21)(H,18,20). The number of hydrogen-bond acceptors (Lipinski definition) is 3. The van der Waals surface area contributed by atoms with Gasteiger partial charge in [-0.2, -0.15) is 0 Å². The summed E-state index contributed by atoms with van der Waals surface area (Å²) in [7, 11) is 3.93. The largest absolute Gasteiger partial charge is 0.349 e. The van der Waals surface area contributed by atoms with Gasteiger partial charge in [0.2, 0.25) is 5.56 Å². The Morgan fingerprint density at radius 2 is 1.86 bits per heavy atom. The highest BCUT2D eigenvalue weighted by atomic mass is 16.2. The van der Waals surface area contributed by atoms with E-state index in [0.29, 0.717) is 6.54 Å². The maximum absolute atomic E-state index is 12.1. The van der Waals surface area contributed by atoms with Crippen LogP contribution >= 0.6 is 0 Å². The van der Waals surface area contributed by atoms with E-state index in [4.69, 9.17) is 0 Å². The van der Waals surface area contributed by atoms with Gasteiger partial charge in [0.15, 0.2) is 0 Å². The average Bonchev–Trinajstić information content (AvgIpc) is 2.48. The summed E-state index contributed by atoms with van der Waals surface area (Å²) >= 11 is 0. The minimum Gasteiger partial charge on any atom is -0.349 e. The van der Waals surface area contributed by atoms with Gasteiger partial charge >= 0.3 is 0 Å². The van der Waals surface area contributed by atoms with E-state index in [1.807, 2.05) is 49.3 Å². The van der Waals surface area contributed by atoms with Crippen LogP contribution in [0.3, 0.4) is 0 Å². The Bertz CT molecular complexity index is 650. The first-order chi connectivity index (χ1) is 10.1. The molecule has 1 atom stereocenters. The summed E-state index contributed by atoms with van der Waals surface area (Å²) in [5.74, 6) is -0.282. The lowest BCUT2D eigenvalue weighted by atomic mass is 10.1. The van der Waals surface area contributed by atoms with E-state index < -0.39 is 0 Å². The minimum atomic E-state index is -0.283. The second kappa shape index (κ2) is 6.85. The molecule has 0 bridgehead atoms. The summed E-state index contributed by atoms with van der Waals surface area (Å²) in [4.78, 5) is 27.8. The summed E-state index contributed by atoms with van der Waals surface area (Å²) in [5, 5.41) is 2.86. The maximum atomic E-state index is 12.1. The molecular formula is C16H19N3O2. The maximum Gasteiger partial charge on any atom is 0.267 e. The molecule has 110 valence electrons. The van der Waals surface area contributed by atoms with Crippen molar-refractivity contribution in [3.05, 3.63) is 70.1 Å². The fourth-order valence-electron chi connectivity index (χ4n) is 2.14. The van der Waals surface area contributed by atoms with E-state index in [1.165, 1.54) is 6.07 Å². The van der Waals surface area contributed by atoms with Gasteiger partial charge in [0.25, 0.3) is 5.91 Å². The number of carbonyl (C=O) groups is 1. The second-order valence-corrected chi connectivity index (χ2v) is 5.03. The van der Waals surface area contributed by atoms with Crippen molar-refractivity contribution in [1.29, 1.82) is 0 Å². The normalized spacial score (nSPS) is 12.1. The van der Waals surface area contributed by atoms with Crippen molar-refractivity contribution in [3.63, 3.8) is 0 Å². The molecule has 0 aliphatic carbocycles. The lowest BCUT2D eigenvalue weighted by molar-refractivity contribution is 0.0936. The van der Waals surface area contributed by atoms with Crippen molar-refractivity contribution < 1.29 is 4.79 Å². The number of nitrogens with one attached hydrogen (secondary N) is 2. The first-order valence-corrected chi connectivity index (χ1v) is 6.77. The predicted octanol–water partition coefficient (Wildman–Crippen LogP) is 1.41. The molecule has 2 aromatic rings. The van der Waals surface area contributed by atoms with E-state index in [-0.39, 0.29) is 23.2 Å². The molecule has 1 aromatic heterocycles. The average molecular weight is 285 g/mol. The third-order valence-corrected chi connectivity index (χ3v) is 3.28. The van der Waals surface area contributed by atoms with Gasteiger partial charge in [0.05, 0.1) is 6.04 Å². The molecule has 5 nitrogen and oxygen atoms in total. The SMILES string of the molecule is CN(C)C(CNC(=O)c1cccc(=O)[nH]1)c1ccccc1. The number of aromatic nitrogens is 1. The molecule has 1 heterocycles. The van der Waals surface area contributed by atoms with Gasteiger partial charge in [-0.05, 0) is 25.7 Å². The Labute approximate surface area is 123 Å². The van der Waals surface area contributed by atoms with Crippen LogP contribution in [-0.4, -0.2) is 36.4 Å². The van der Waals surface area contributed by atoms with Gasteiger partial charge < -0.3 is 15.2 Å². The van der Waals surface area contributed by atoms with Gasteiger partial charge in [-0.25, -0.2) is 0 Å². The molecule has 2 N–H and O–H groups in total. The minimum absolute atomic E-state index is 0.0746. The second-order valence-electron chi connectivity index (χ2n) is 5.03. The lowest BCUT2D eigenvalue weighted by Crippen LogP contribution is -2.35. The quantitative estimate of drug-likeness (QED) is 0.873. The first kappa shape index (κ1) is 15.0. The van der Waals surface area contributed by atoms with Gasteiger partial charge in [-0.1, -0.05) is 36.4 Å². The fourth-order valence-corrected chi connectivity index (χ4v) is 2.14. The predicted molar refractivity (Wildman–Crippen MR) is 82.3 cm³/mol. The molecule has 0 radical (unpaired) electrons. The van der Waals surface area contributed by atoms with E-state index in [2.05, 4.69) is 10.3 Å². The number of likely N-dealkylation sites (N-methyl/N-ethyl adjacent to an activating group) is 1. The molecule has 0 fully saturated rings. The monoisotopic (exact) mass is 285 g/mol. The van der Waals surface area contributed by atoms with E-state index in [9.17, 15) is 9.59 Å². The molecule has 21 heavy (non-hydrogen) atoms. The molecule has 1 amide bonds. The third kappa shape index (κ3) is 4.03. The smallest absolute Gasteiger partial charge is 0.267 e.